The summed E-state index contributed by atoms with van der Waals surface area (Å²) >= 11 is 0. The molecule has 6 nitrogen and oxygen atoms in total. The van der Waals surface area contributed by atoms with Gasteiger partial charge < -0.3 is 9.64 Å². The standard InChI is InChI=1S/C18H22N2O4/c1-2-24-18(23)11-14-20(13-6-12-19)17(22)10-9-16(21)15-7-4-3-5-8-15/h3-5,7-8H,2,6,9-11,13-14H2,1H3. The lowest BCUT2D eigenvalue weighted by Gasteiger charge is -2.21. The van der Waals surface area contributed by atoms with Crippen LogP contribution in [0.5, 0.6) is 0 Å². The Bertz CT molecular complexity index is 593. The number of amides is 1. The Morgan fingerprint density at radius 3 is 2.42 bits per heavy atom. The van der Waals surface area contributed by atoms with Gasteiger partial charge in [-0.05, 0) is 6.92 Å². The van der Waals surface area contributed by atoms with Gasteiger partial charge in [0.05, 0.1) is 25.5 Å². The lowest BCUT2D eigenvalue weighted by Crippen LogP contribution is -2.34. The molecule has 1 aromatic rings. The minimum atomic E-state index is -0.382. The van der Waals surface area contributed by atoms with Crippen LogP contribution in [0.3, 0.4) is 0 Å². The first-order chi connectivity index (χ1) is 11.6. The van der Waals surface area contributed by atoms with Crippen molar-refractivity contribution in [2.75, 3.05) is 19.7 Å². The highest BCUT2D eigenvalue weighted by molar-refractivity contribution is 5.97. The quantitative estimate of drug-likeness (QED) is 0.485. The third-order valence-electron chi connectivity index (χ3n) is 3.40. The molecule has 0 heterocycles. The molecule has 1 amide bonds. The first kappa shape index (κ1) is 19.4. The van der Waals surface area contributed by atoms with Crippen molar-refractivity contribution in [2.45, 2.75) is 32.6 Å². The topological polar surface area (TPSA) is 87.5 Å². The second kappa shape index (κ2) is 10.9. The predicted molar refractivity (Wildman–Crippen MR) is 88.1 cm³/mol. The highest BCUT2D eigenvalue weighted by Gasteiger charge is 2.17. The first-order valence-electron chi connectivity index (χ1n) is 7.97. The number of carbonyl (C=O) groups excluding carboxylic acids is 3. The maximum absolute atomic E-state index is 12.3. The second-order valence-corrected chi connectivity index (χ2v) is 5.13. The summed E-state index contributed by atoms with van der Waals surface area (Å²) in [5.41, 5.74) is 0.570. The minimum absolute atomic E-state index is 0.0575. The van der Waals surface area contributed by atoms with E-state index in [0.717, 1.165) is 0 Å². The zero-order chi connectivity index (χ0) is 17.8. The van der Waals surface area contributed by atoms with Crippen molar-refractivity contribution in [2.24, 2.45) is 0 Å². The van der Waals surface area contributed by atoms with E-state index in [1.165, 1.54) is 4.90 Å². The van der Waals surface area contributed by atoms with E-state index in [1.54, 1.807) is 31.2 Å². The van der Waals surface area contributed by atoms with Crippen molar-refractivity contribution in [3.63, 3.8) is 0 Å². The molecule has 24 heavy (non-hydrogen) atoms. The third kappa shape index (κ3) is 7.05. The molecule has 0 fully saturated rings. The van der Waals surface area contributed by atoms with Gasteiger partial charge in [0.15, 0.2) is 5.78 Å². The average Bonchev–Trinajstić information content (AvgIpc) is 2.60. The number of nitriles is 1. The molecule has 0 radical (unpaired) electrons. The van der Waals surface area contributed by atoms with E-state index in [-0.39, 0.29) is 63.0 Å². The van der Waals surface area contributed by atoms with Crippen LogP contribution in [0.1, 0.15) is 43.0 Å². The molecular formula is C18H22N2O4. The van der Waals surface area contributed by atoms with E-state index in [2.05, 4.69) is 0 Å². The lowest BCUT2D eigenvalue weighted by atomic mass is 10.1. The summed E-state index contributed by atoms with van der Waals surface area (Å²) in [4.78, 5) is 37.2. The molecule has 0 aromatic heterocycles. The van der Waals surface area contributed by atoms with Gasteiger partial charge in [-0.1, -0.05) is 30.3 Å². The molecule has 0 aliphatic carbocycles. The van der Waals surface area contributed by atoms with Gasteiger partial charge in [0.1, 0.15) is 0 Å². The van der Waals surface area contributed by atoms with E-state index in [4.69, 9.17) is 10.00 Å². The number of esters is 1. The van der Waals surface area contributed by atoms with Crippen LogP contribution in [-0.2, 0) is 14.3 Å². The van der Waals surface area contributed by atoms with Crippen LogP contribution in [0.2, 0.25) is 0 Å². The number of hydrogen-bond acceptors (Lipinski definition) is 5. The number of carbonyl (C=O) groups is 3. The summed E-state index contributed by atoms with van der Waals surface area (Å²) in [5.74, 6) is -0.721. The van der Waals surface area contributed by atoms with Gasteiger partial charge >= 0.3 is 5.97 Å². The summed E-state index contributed by atoms with van der Waals surface area (Å²) in [6.45, 7) is 2.44. The molecule has 0 unspecified atom stereocenters. The zero-order valence-electron chi connectivity index (χ0n) is 13.9. The Morgan fingerprint density at radius 2 is 1.79 bits per heavy atom. The van der Waals surface area contributed by atoms with Crippen molar-refractivity contribution < 1.29 is 19.1 Å². The predicted octanol–water partition coefficient (Wildman–Crippen LogP) is 2.34. The molecule has 0 saturated carbocycles. The van der Waals surface area contributed by atoms with Crippen molar-refractivity contribution in [3.8, 4) is 6.07 Å². The molecule has 1 rings (SSSR count). The Labute approximate surface area is 142 Å². The van der Waals surface area contributed by atoms with Crippen molar-refractivity contribution in [1.82, 2.24) is 4.90 Å². The fourth-order valence-electron chi connectivity index (χ4n) is 2.15. The van der Waals surface area contributed by atoms with Crippen LogP contribution in [-0.4, -0.2) is 42.3 Å². The summed E-state index contributed by atoms with van der Waals surface area (Å²) in [6.07, 6.45) is 0.423. The highest BCUT2D eigenvalue weighted by Crippen LogP contribution is 2.08. The Kier molecular flexibility index (Phi) is 8.84. The normalized spacial score (nSPS) is 9.83. The lowest BCUT2D eigenvalue weighted by molar-refractivity contribution is -0.144. The van der Waals surface area contributed by atoms with Gasteiger partial charge in [-0.2, -0.15) is 5.26 Å². The molecule has 0 saturated heterocycles. The Balaban J connectivity index is 2.52. The van der Waals surface area contributed by atoms with E-state index in [9.17, 15) is 14.4 Å². The molecule has 0 bridgehead atoms. The average molecular weight is 330 g/mol. The first-order valence-corrected chi connectivity index (χ1v) is 7.97. The Morgan fingerprint density at radius 1 is 1.08 bits per heavy atom. The van der Waals surface area contributed by atoms with Crippen molar-refractivity contribution in [1.29, 1.82) is 5.26 Å². The van der Waals surface area contributed by atoms with Gasteiger partial charge in [-0.3, -0.25) is 14.4 Å². The largest absolute Gasteiger partial charge is 0.466 e. The van der Waals surface area contributed by atoms with Crippen LogP contribution in [0, 0.1) is 11.3 Å². The smallest absolute Gasteiger partial charge is 0.307 e. The van der Waals surface area contributed by atoms with Gasteiger partial charge in [0.2, 0.25) is 5.91 Å². The highest BCUT2D eigenvalue weighted by atomic mass is 16.5. The number of nitrogens with zero attached hydrogens (tertiary/aromatic N) is 2. The zero-order valence-corrected chi connectivity index (χ0v) is 13.9. The second-order valence-electron chi connectivity index (χ2n) is 5.13. The fourth-order valence-corrected chi connectivity index (χ4v) is 2.15. The van der Waals surface area contributed by atoms with Crippen LogP contribution < -0.4 is 0 Å². The summed E-state index contributed by atoms with van der Waals surface area (Å²) in [7, 11) is 0. The van der Waals surface area contributed by atoms with Gasteiger partial charge in [-0.25, -0.2) is 0 Å². The van der Waals surface area contributed by atoms with Crippen LogP contribution in [0.4, 0.5) is 0 Å². The van der Waals surface area contributed by atoms with E-state index in [0.29, 0.717) is 5.56 Å². The molecule has 128 valence electrons. The molecular weight excluding hydrogens is 308 g/mol. The molecule has 0 aliphatic heterocycles. The van der Waals surface area contributed by atoms with Crippen LogP contribution in [0.25, 0.3) is 0 Å². The minimum Gasteiger partial charge on any atom is -0.466 e. The van der Waals surface area contributed by atoms with Crippen molar-refractivity contribution >= 4 is 17.7 Å². The molecule has 0 spiro atoms. The summed E-state index contributed by atoms with van der Waals surface area (Å²) in [5, 5.41) is 8.69. The number of Topliss-reactive ketones (excluding diaryl/α,β-unsaturated/α-hetero) is 1. The summed E-state index contributed by atoms with van der Waals surface area (Å²) in [6, 6.07) is 10.8. The number of rotatable bonds is 10. The van der Waals surface area contributed by atoms with E-state index >= 15 is 0 Å². The SMILES string of the molecule is CCOC(=O)CCN(CCC#N)C(=O)CCC(=O)c1ccccc1. The molecule has 6 heteroatoms. The van der Waals surface area contributed by atoms with E-state index < -0.39 is 0 Å². The van der Waals surface area contributed by atoms with Crippen LogP contribution >= 0.6 is 0 Å². The molecule has 0 N–H and O–H groups in total. The number of hydrogen-bond donors (Lipinski definition) is 0. The maximum atomic E-state index is 12.3. The molecule has 1 aromatic carbocycles. The molecule has 0 atom stereocenters. The number of ketones is 1. The van der Waals surface area contributed by atoms with E-state index in [1.807, 2.05) is 12.1 Å². The van der Waals surface area contributed by atoms with Crippen molar-refractivity contribution in [3.05, 3.63) is 35.9 Å². The third-order valence-corrected chi connectivity index (χ3v) is 3.40. The number of benzene rings is 1. The molecule has 0 aliphatic rings. The van der Waals surface area contributed by atoms with Gasteiger partial charge in [0.25, 0.3) is 0 Å². The van der Waals surface area contributed by atoms with Gasteiger partial charge in [0, 0.05) is 31.5 Å². The van der Waals surface area contributed by atoms with Gasteiger partial charge in [-0.15, -0.1) is 0 Å². The van der Waals surface area contributed by atoms with Crippen LogP contribution in [0.15, 0.2) is 30.3 Å². The maximum Gasteiger partial charge on any atom is 0.307 e. The monoisotopic (exact) mass is 330 g/mol. The summed E-state index contributed by atoms with van der Waals surface area (Å²) < 4.78 is 4.84. The number of ether oxygens (including phenoxy) is 1. The fraction of sp³-hybridized carbons (Fsp3) is 0.444. The Hall–Kier alpha value is -2.68.